The van der Waals surface area contributed by atoms with E-state index < -0.39 is 58.1 Å². The van der Waals surface area contributed by atoms with Gasteiger partial charge in [-0.05, 0) is 6.42 Å². The molecule has 30 heavy (non-hydrogen) atoms. The number of aromatic amines is 1. The minimum atomic E-state index is -5.64. The van der Waals surface area contributed by atoms with Crippen LogP contribution in [-0.2, 0) is 33.3 Å². The Morgan fingerprint density at radius 2 is 1.80 bits per heavy atom. The lowest BCUT2D eigenvalue weighted by molar-refractivity contribution is 0.125. The van der Waals surface area contributed by atoms with Gasteiger partial charge in [0.1, 0.15) is 0 Å². The van der Waals surface area contributed by atoms with Crippen LogP contribution in [0.5, 0.6) is 0 Å². The third-order valence-electron chi connectivity index (χ3n) is 3.75. The molecule has 172 valence electrons. The van der Waals surface area contributed by atoms with Gasteiger partial charge in [-0.15, -0.1) is 11.8 Å². The maximum absolute atomic E-state index is 12.0. The average Bonchev–Trinajstić information content (AvgIpc) is 2.90. The van der Waals surface area contributed by atoms with Gasteiger partial charge in [-0.25, -0.2) is 18.5 Å². The van der Waals surface area contributed by atoms with Gasteiger partial charge < -0.3 is 24.7 Å². The number of nitrogens with zero attached hydrogens (tertiary/aromatic N) is 1. The zero-order valence-electron chi connectivity index (χ0n) is 15.1. The summed E-state index contributed by atoms with van der Waals surface area (Å²) in [5, 5.41) is 8.61. The number of phosphoric acid groups is 3. The molecule has 2 unspecified atom stereocenters. The fourth-order valence-corrected chi connectivity index (χ4v) is 7.08. The molecule has 0 bridgehead atoms. The molecular formula is C11H19N2O13P3S. The maximum atomic E-state index is 12.0. The van der Waals surface area contributed by atoms with Crippen LogP contribution < -0.4 is 11.2 Å². The first-order valence-corrected chi connectivity index (χ1v) is 13.5. The number of aliphatic hydroxyl groups is 1. The second-order valence-electron chi connectivity index (χ2n) is 5.99. The highest BCUT2D eigenvalue weighted by molar-refractivity contribution is 8.00. The predicted octanol–water partition coefficient (Wildman–Crippen LogP) is -0.193. The summed E-state index contributed by atoms with van der Waals surface area (Å²) in [6.07, 6.45) is 0.585. The molecular weight excluding hydrogens is 493 g/mol. The molecule has 0 radical (unpaired) electrons. The summed E-state index contributed by atoms with van der Waals surface area (Å²) in [6, 6.07) is 0. The van der Waals surface area contributed by atoms with Gasteiger partial charge in [0.2, 0.25) is 0 Å². The van der Waals surface area contributed by atoms with Crippen molar-refractivity contribution in [1.82, 2.24) is 9.55 Å². The van der Waals surface area contributed by atoms with E-state index in [2.05, 4.69) is 18.1 Å². The van der Waals surface area contributed by atoms with E-state index >= 15 is 0 Å². The molecule has 0 aromatic carbocycles. The molecule has 1 saturated heterocycles. The monoisotopic (exact) mass is 512 g/mol. The SMILES string of the molecule is CCc1cn([C@H]2C[C@H](O)[C@@H](COP(=O)(O)OP(=O)(O)OP(=O)(O)O)S2)c(=O)[nH]c1=O. The molecule has 1 aromatic heterocycles. The van der Waals surface area contributed by atoms with E-state index in [0.29, 0.717) is 12.0 Å². The molecule has 1 aliphatic heterocycles. The zero-order valence-corrected chi connectivity index (χ0v) is 18.6. The topological polar surface area (TPSA) is 235 Å². The van der Waals surface area contributed by atoms with Crippen molar-refractivity contribution in [3.63, 3.8) is 0 Å². The minimum absolute atomic E-state index is 0.0181. The third-order valence-corrected chi connectivity index (χ3v) is 9.09. The first-order valence-electron chi connectivity index (χ1n) is 8.08. The van der Waals surface area contributed by atoms with Crippen molar-refractivity contribution in [1.29, 1.82) is 0 Å². The van der Waals surface area contributed by atoms with Crippen molar-refractivity contribution < 1.29 is 51.5 Å². The molecule has 2 rings (SSSR count). The zero-order chi connectivity index (χ0) is 22.9. The molecule has 5 atom stereocenters. The Hall–Kier alpha value is -0.600. The summed E-state index contributed by atoms with van der Waals surface area (Å²) in [4.78, 5) is 61.4. The summed E-state index contributed by atoms with van der Waals surface area (Å²) in [5.74, 6) is 0. The van der Waals surface area contributed by atoms with Crippen molar-refractivity contribution >= 4 is 35.2 Å². The number of hydrogen-bond donors (Lipinski definition) is 6. The molecule has 0 saturated carbocycles. The van der Waals surface area contributed by atoms with E-state index in [4.69, 9.17) is 14.7 Å². The number of aryl methyl sites for hydroxylation is 1. The van der Waals surface area contributed by atoms with Crippen LogP contribution in [0, 0.1) is 0 Å². The lowest BCUT2D eigenvalue weighted by Crippen LogP contribution is -2.32. The summed E-state index contributed by atoms with van der Waals surface area (Å²) in [7, 11) is -16.5. The van der Waals surface area contributed by atoms with Crippen LogP contribution in [0.4, 0.5) is 0 Å². The average molecular weight is 512 g/mol. The van der Waals surface area contributed by atoms with Gasteiger partial charge in [-0.3, -0.25) is 18.9 Å². The smallest absolute Gasteiger partial charge is 0.392 e. The van der Waals surface area contributed by atoms with E-state index in [1.807, 2.05) is 0 Å². The first kappa shape index (κ1) is 25.7. The lowest BCUT2D eigenvalue weighted by atomic mass is 10.2. The number of rotatable bonds is 9. The number of nitrogens with one attached hydrogen (secondary N) is 1. The number of hydrogen-bond acceptors (Lipinski definition) is 10. The van der Waals surface area contributed by atoms with Crippen LogP contribution in [0.25, 0.3) is 0 Å². The van der Waals surface area contributed by atoms with Crippen LogP contribution in [0.2, 0.25) is 0 Å². The van der Waals surface area contributed by atoms with Gasteiger partial charge in [-0.2, -0.15) is 8.62 Å². The van der Waals surface area contributed by atoms with Crippen molar-refractivity contribution in [2.45, 2.75) is 36.5 Å². The van der Waals surface area contributed by atoms with Crippen molar-refractivity contribution in [2.24, 2.45) is 0 Å². The third kappa shape index (κ3) is 7.23. The van der Waals surface area contributed by atoms with Gasteiger partial charge in [0.05, 0.1) is 23.3 Å². The molecule has 0 spiro atoms. The Kier molecular flexibility index (Phi) is 8.12. The Bertz CT molecular complexity index is 1030. The molecule has 6 N–H and O–H groups in total. The van der Waals surface area contributed by atoms with Crippen LogP contribution in [0.15, 0.2) is 15.8 Å². The highest BCUT2D eigenvalue weighted by atomic mass is 32.2. The number of aromatic nitrogens is 2. The van der Waals surface area contributed by atoms with E-state index in [0.717, 1.165) is 11.8 Å². The van der Waals surface area contributed by atoms with Crippen LogP contribution >= 0.6 is 35.2 Å². The van der Waals surface area contributed by atoms with Crippen LogP contribution in [0.1, 0.15) is 24.3 Å². The number of phosphoric ester groups is 1. The van der Waals surface area contributed by atoms with Gasteiger partial charge in [0, 0.05) is 18.2 Å². The number of H-pyrrole nitrogens is 1. The highest BCUT2D eigenvalue weighted by Gasteiger charge is 2.42. The van der Waals surface area contributed by atoms with Crippen LogP contribution in [-0.4, -0.2) is 52.2 Å². The quantitative estimate of drug-likeness (QED) is 0.235. The summed E-state index contributed by atoms with van der Waals surface area (Å²) < 4.78 is 46.6. The second kappa shape index (κ2) is 9.49. The van der Waals surface area contributed by atoms with Crippen molar-refractivity contribution in [2.75, 3.05) is 6.61 Å². The minimum Gasteiger partial charge on any atom is -0.392 e. The van der Waals surface area contributed by atoms with E-state index in [-0.39, 0.29) is 6.42 Å². The predicted molar refractivity (Wildman–Crippen MR) is 102 cm³/mol. The number of thioether (sulfide) groups is 1. The van der Waals surface area contributed by atoms with E-state index in [9.17, 15) is 33.3 Å². The summed E-state index contributed by atoms with van der Waals surface area (Å²) in [6.45, 7) is 1.02. The lowest BCUT2D eigenvalue weighted by Gasteiger charge is -2.19. The largest absolute Gasteiger partial charge is 0.490 e. The molecule has 2 heterocycles. The van der Waals surface area contributed by atoms with Gasteiger partial charge >= 0.3 is 29.2 Å². The van der Waals surface area contributed by atoms with Crippen molar-refractivity contribution in [3.8, 4) is 0 Å². The molecule has 1 aromatic rings. The standard InChI is InChI=1S/C11H19N2O13P3S/c1-2-6-4-13(11(16)12-10(6)15)9-3-7(14)8(30-9)5-24-28(20,21)26-29(22,23)25-27(17,18)19/h4,7-9,14H,2-3,5H2,1H3,(H,20,21)(H,22,23)(H,12,15,16)(H2,17,18,19)/t7-,8+,9+/m0/s1. The van der Waals surface area contributed by atoms with E-state index in [1.165, 1.54) is 10.8 Å². The Labute approximate surface area is 172 Å². The Balaban J connectivity index is 2.05. The molecule has 1 aliphatic rings. The van der Waals surface area contributed by atoms with Gasteiger partial charge in [0.15, 0.2) is 0 Å². The van der Waals surface area contributed by atoms with Crippen LogP contribution in [0.3, 0.4) is 0 Å². The van der Waals surface area contributed by atoms with E-state index in [1.54, 1.807) is 6.92 Å². The number of aliphatic hydroxyl groups excluding tert-OH is 1. The normalized spacial score (nSPS) is 26.3. The van der Waals surface area contributed by atoms with Gasteiger partial charge in [-0.1, -0.05) is 6.92 Å². The highest BCUT2D eigenvalue weighted by Crippen LogP contribution is 2.66. The fraction of sp³-hybridized carbons (Fsp3) is 0.636. The molecule has 19 heteroatoms. The molecule has 0 aliphatic carbocycles. The van der Waals surface area contributed by atoms with Crippen molar-refractivity contribution in [3.05, 3.63) is 32.6 Å². The fourth-order valence-electron chi connectivity index (χ4n) is 2.50. The second-order valence-corrected chi connectivity index (χ2v) is 11.8. The Morgan fingerprint density at radius 1 is 1.17 bits per heavy atom. The first-order chi connectivity index (χ1) is 13.6. The Morgan fingerprint density at radius 3 is 2.37 bits per heavy atom. The summed E-state index contributed by atoms with van der Waals surface area (Å²) in [5.41, 5.74) is -0.914. The van der Waals surface area contributed by atoms with Gasteiger partial charge in [0.25, 0.3) is 5.56 Å². The molecule has 15 nitrogen and oxygen atoms in total. The maximum Gasteiger partial charge on any atom is 0.490 e. The molecule has 0 amide bonds. The molecule has 1 fully saturated rings. The summed E-state index contributed by atoms with van der Waals surface area (Å²) >= 11 is 0.971.